The molecule has 56 heavy (non-hydrogen) atoms. The van der Waals surface area contributed by atoms with Crippen molar-refractivity contribution in [2.75, 3.05) is 0 Å². The molecule has 0 spiro atoms. The molecule has 290 valence electrons. The van der Waals surface area contributed by atoms with Gasteiger partial charge in [0.05, 0.1) is 0 Å². The van der Waals surface area contributed by atoms with Crippen LogP contribution in [0.15, 0.2) is 157 Å². The first-order valence-electron chi connectivity index (χ1n) is 19.0. The maximum atomic E-state index is 3.65. The van der Waals surface area contributed by atoms with E-state index in [1.807, 2.05) is 48.5 Å². The predicted molar refractivity (Wildman–Crippen MR) is 244 cm³/mol. The minimum Gasteiger partial charge on any atom is -0.143 e. The molecule has 0 aliphatic heterocycles. The Hall–Kier alpha value is -3.87. The Morgan fingerprint density at radius 2 is 1.20 bits per heavy atom. The van der Waals surface area contributed by atoms with Gasteiger partial charge in [0, 0.05) is 0 Å². The van der Waals surface area contributed by atoms with Gasteiger partial charge in [-0.25, -0.2) is 6.08 Å². The number of unbranched alkanes of at least 4 members (excludes halogenated alkanes) is 1. The summed E-state index contributed by atoms with van der Waals surface area (Å²) in [4.78, 5) is 0. The van der Waals surface area contributed by atoms with E-state index >= 15 is 0 Å². The molecule has 0 bridgehead atoms. The Morgan fingerprint density at radius 1 is 0.661 bits per heavy atom. The van der Waals surface area contributed by atoms with Gasteiger partial charge in [0.15, 0.2) is 0 Å². The van der Waals surface area contributed by atoms with Crippen molar-refractivity contribution in [3.05, 3.63) is 204 Å². The van der Waals surface area contributed by atoms with Crippen LogP contribution in [0, 0.1) is 49.5 Å². The summed E-state index contributed by atoms with van der Waals surface area (Å²) in [6, 6.07) is 57.6. The Morgan fingerprint density at radius 3 is 1.68 bits per heavy atom. The maximum Gasteiger partial charge on any atom is -0.0181 e. The minimum absolute atomic E-state index is 0. The number of fused-ring (bicyclic) bond motifs is 3. The molecule has 3 heteroatoms. The normalized spacial score (nSPS) is 12.7. The van der Waals surface area contributed by atoms with Gasteiger partial charge in [-0.15, -0.1) is 54.1 Å². The maximum absolute atomic E-state index is 3.65. The average molecular weight is 855 g/mol. The summed E-state index contributed by atoms with van der Waals surface area (Å²) in [5.74, 6) is 0.592. The smallest absolute Gasteiger partial charge is 0.0181 e. The molecular formula is C53H56Cl2Zr-4. The second-order valence-corrected chi connectivity index (χ2v) is 14.6. The van der Waals surface area contributed by atoms with E-state index in [4.69, 9.17) is 0 Å². The van der Waals surface area contributed by atoms with Crippen LogP contribution >= 0.6 is 24.8 Å². The van der Waals surface area contributed by atoms with Crippen LogP contribution in [-0.2, 0) is 30.7 Å². The predicted octanol–water partition coefficient (Wildman–Crippen LogP) is 14.9. The molecule has 0 aromatic heterocycles. The molecule has 6 aromatic carbocycles. The van der Waals surface area contributed by atoms with Gasteiger partial charge in [-0.3, -0.25) is 6.08 Å². The molecule has 1 unspecified atom stereocenters. The van der Waals surface area contributed by atoms with Crippen LogP contribution < -0.4 is 0 Å². The molecule has 8 rings (SSSR count). The quantitative estimate of drug-likeness (QED) is 0.151. The van der Waals surface area contributed by atoms with Crippen LogP contribution in [-0.4, -0.2) is 4.21 Å². The van der Waals surface area contributed by atoms with E-state index in [1.54, 1.807) is 0 Å². The number of aryl methyl sites for hydroxylation is 2. The molecular weight excluding hydrogens is 799 g/mol. The number of hydrogen-bond donors (Lipinski definition) is 0. The number of halogens is 2. The zero-order valence-corrected chi connectivity index (χ0v) is 38.0. The molecule has 6 aromatic rings. The first-order chi connectivity index (χ1) is 26.2. The van der Waals surface area contributed by atoms with Gasteiger partial charge in [-0.2, -0.15) is 83.4 Å². The summed E-state index contributed by atoms with van der Waals surface area (Å²) < 4.78 is 3.34. The van der Waals surface area contributed by atoms with E-state index in [9.17, 15) is 0 Å². The Kier molecular flexibility index (Phi) is 21.9. The van der Waals surface area contributed by atoms with Crippen LogP contribution in [0.4, 0.5) is 0 Å². The summed E-state index contributed by atoms with van der Waals surface area (Å²) in [7, 11) is 0. The van der Waals surface area contributed by atoms with Crippen LogP contribution in [0.3, 0.4) is 0 Å². The largest absolute Gasteiger partial charge is 0.143 e. The van der Waals surface area contributed by atoms with Crippen LogP contribution in [0.1, 0.15) is 69.2 Å². The molecule has 1 atom stereocenters. The number of hydrogen-bond acceptors (Lipinski definition) is 0. The van der Waals surface area contributed by atoms with Crippen molar-refractivity contribution in [2.45, 2.75) is 67.2 Å². The monoisotopic (exact) mass is 852 g/mol. The Labute approximate surface area is 366 Å². The van der Waals surface area contributed by atoms with Crippen molar-refractivity contribution in [3.63, 3.8) is 0 Å². The van der Waals surface area contributed by atoms with E-state index < -0.39 is 0 Å². The Bertz CT molecular complexity index is 1920. The number of benzene rings is 6. The van der Waals surface area contributed by atoms with Crippen molar-refractivity contribution in [1.29, 1.82) is 0 Å². The SMILES string of the molecule is CCCCC1[C-]=CC(C(C)(C)C)=C1.Cc1cc[c-]cc1.Cc1cc[c-]cc1.Cl.Cl.[CH2]=[Zr].[c-]1c(-c2ccccc2)ccc2c1Cc1cc(-c3ccccc3)ccc1-2. The standard InChI is InChI=1S/C25H17.C13H21.2C7H7.CH2.2ClH.Zr/c1-3-7-18(8-4-1)20-11-13-24-22(15-20)17-23-16-21(12-14-25(23)24)19-9-5-2-6-10-19;1-5-6-7-11-8-9-12(10-11)13(2,3)4;2*1-7-5-3-2-4-6-7;;;;/h1-15H,17H2;9-11H,5-7H2,1-4H3;2*3-6H,1H3;1H2;2*1H;/q4*-1;;;;. The van der Waals surface area contributed by atoms with Gasteiger partial charge >= 0.3 is 28.4 Å². The van der Waals surface area contributed by atoms with Crippen molar-refractivity contribution in [3.8, 4) is 33.4 Å². The zero-order chi connectivity index (χ0) is 38.8. The summed E-state index contributed by atoms with van der Waals surface area (Å²) in [5.41, 5.74) is 14.7. The minimum atomic E-state index is 0. The Balaban J connectivity index is 0.000000293. The van der Waals surface area contributed by atoms with Crippen LogP contribution in [0.5, 0.6) is 0 Å². The molecule has 0 saturated heterocycles. The topological polar surface area (TPSA) is 0 Å². The third-order valence-electron chi connectivity index (χ3n) is 9.32. The third-order valence-corrected chi connectivity index (χ3v) is 9.32. The van der Waals surface area contributed by atoms with Gasteiger partial charge in [0.1, 0.15) is 0 Å². The van der Waals surface area contributed by atoms with Gasteiger partial charge in [-0.1, -0.05) is 168 Å². The number of rotatable bonds is 5. The number of allylic oxidation sites excluding steroid dienone is 4. The van der Waals surface area contributed by atoms with Crippen molar-refractivity contribution in [1.82, 2.24) is 0 Å². The molecule has 0 radical (unpaired) electrons. The first kappa shape index (κ1) is 48.3. The van der Waals surface area contributed by atoms with E-state index in [0.29, 0.717) is 11.3 Å². The molecule has 2 aliphatic rings. The van der Waals surface area contributed by atoms with Crippen molar-refractivity contribution >= 4 is 29.0 Å². The molecule has 0 heterocycles. The van der Waals surface area contributed by atoms with Gasteiger partial charge in [0.25, 0.3) is 0 Å². The van der Waals surface area contributed by atoms with Crippen LogP contribution in [0.2, 0.25) is 0 Å². The molecule has 0 fully saturated rings. The zero-order valence-electron chi connectivity index (χ0n) is 33.9. The summed E-state index contributed by atoms with van der Waals surface area (Å²) in [5, 5.41) is 0. The molecule has 2 aliphatic carbocycles. The van der Waals surface area contributed by atoms with Crippen LogP contribution in [0.25, 0.3) is 33.4 Å². The third kappa shape index (κ3) is 15.2. The van der Waals surface area contributed by atoms with Gasteiger partial charge in [0.2, 0.25) is 0 Å². The fourth-order valence-corrected chi connectivity index (χ4v) is 6.23. The molecule has 0 nitrogen and oxygen atoms in total. The summed E-state index contributed by atoms with van der Waals surface area (Å²) in [6.45, 7) is 13.2. The fraction of sp³-hybridized carbons (Fsp3) is 0.226. The summed E-state index contributed by atoms with van der Waals surface area (Å²) in [6.07, 6.45) is 12.8. The van der Waals surface area contributed by atoms with Gasteiger partial charge < -0.3 is 0 Å². The van der Waals surface area contributed by atoms with Crippen molar-refractivity contribution in [2.24, 2.45) is 11.3 Å². The van der Waals surface area contributed by atoms with E-state index in [-0.39, 0.29) is 24.8 Å². The van der Waals surface area contributed by atoms with E-state index in [1.165, 1.54) is 105 Å². The second-order valence-electron chi connectivity index (χ2n) is 14.6. The van der Waals surface area contributed by atoms with E-state index in [2.05, 4.69) is 173 Å². The second kappa shape index (κ2) is 25.4. The van der Waals surface area contributed by atoms with Gasteiger partial charge in [-0.05, 0) is 23.1 Å². The molecule has 0 amide bonds. The average Bonchev–Trinajstić information content (AvgIpc) is 3.85. The molecule has 0 saturated carbocycles. The molecule has 0 N–H and O–H groups in total. The van der Waals surface area contributed by atoms with Crippen molar-refractivity contribution < 1.29 is 24.2 Å². The first-order valence-corrected chi connectivity index (χ1v) is 20.8. The fourth-order valence-electron chi connectivity index (χ4n) is 6.23. The summed E-state index contributed by atoms with van der Waals surface area (Å²) >= 11 is 1.30. The van der Waals surface area contributed by atoms with E-state index in [0.717, 1.165) is 6.42 Å².